The summed E-state index contributed by atoms with van der Waals surface area (Å²) in [7, 11) is -20.7. The van der Waals surface area contributed by atoms with Gasteiger partial charge in [-0.2, -0.15) is 37.8 Å². The molecule has 0 saturated carbocycles. The molecule has 0 aliphatic carbocycles. The van der Waals surface area contributed by atoms with Crippen LogP contribution in [0.15, 0.2) is 226 Å². The van der Waals surface area contributed by atoms with E-state index in [1.54, 1.807) is 100 Å². The smallest absolute Gasteiger partial charge is 0.154 e. The average Bonchev–Trinajstić information content (AvgIpc) is 0.758. The number of aromatic hydroxyl groups is 4. The van der Waals surface area contributed by atoms with E-state index in [4.69, 9.17) is 17.2 Å². The number of hydrogen-bond donors (Lipinski definition) is 7. The van der Waals surface area contributed by atoms with Crippen LogP contribution in [0.3, 0.4) is 0 Å². The Morgan fingerprint density at radius 3 is 1.18 bits per heavy atom. The highest BCUT2D eigenvalue weighted by molar-refractivity contribution is 7.95. The van der Waals surface area contributed by atoms with Crippen LogP contribution in [-0.2, 0) is 78.0 Å². The normalized spacial score (nSPS) is 12.5. The molecule has 0 aliphatic rings. The van der Waals surface area contributed by atoms with Crippen molar-refractivity contribution in [2.24, 2.45) is 40.9 Å². The van der Waals surface area contributed by atoms with Crippen molar-refractivity contribution in [2.75, 3.05) is 17.2 Å². The molecule has 0 fully saturated rings. The molecule has 12 rings (SSSR count). The molecule has 0 atom stereocenters. The lowest BCUT2D eigenvalue weighted by Gasteiger charge is -2.18. The van der Waals surface area contributed by atoms with Crippen LogP contribution in [0.2, 0.25) is 0 Å². The van der Waals surface area contributed by atoms with Crippen LogP contribution in [0.25, 0.3) is 65.3 Å². The first-order valence-electron chi connectivity index (χ1n) is 31.9. The fourth-order valence-electron chi connectivity index (χ4n) is 11.8. The van der Waals surface area contributed by atoms with Crippen molar-refractivity contribution in [1.82, 2.24) is 0 Å². The zero-order valence-corrected chi connectivity index (χ0v) is 65.6. The third-order valence-corrected chi connectivity index (χ3v) is 23.0. The second kappa shape index (κ2) is 35.4. The van der Waals surface area contributed by atoms with Crippen molar-refractivity contribution >= 4 is 194 Å². The maximum atomic E-state index is 12.2. The van der Waals surface area contributed by atoms with Crippen molar-refractivity contribution in [2.45, 2.75) is 73.8 Å². The number of nitrogens with zero attached hydrogens (tertiary/aromatic N) is 8. The number of nitrogens with two attached hydrogens (primary N) is 3. The molecule has 39 nitrogen and oxygen atoms in total. The largest absolute Gasteiger partial charge is 0.744 e. The number of fused-ring (bicyclic) bond motifs is 4. The van der Waals surface area contributed by atoms with E-state index in [0.29, 0.717) is 98.9 Å². The zero-order chi connectivity index (χ0) is 84.2. The van der Waals surface area contributed by atoms with Crippen molar-refractivity contribution in [3.8, 4) is 45.3 Å². The number of azo groups is 4. The molecule has 0 saturated heterocycles. The SMILES string of the molecule is Cc1cc(-c2ccc(N=Nc3c(S(=O)(=O)[O-])cc4cc(SOO[O-])cc(N)c4c3O)c(C)c2)ccc1N=Nc1c(SOO[O-])cc2cc(S(=O)(=O)[O-])cc(C)c2c1O.Cc1cc(-c2ccc(N=Nc3ccc4c(S(=O)(=O)[O-])cc(S(=O)(=O)[O-])c(N)c4c3O)c(C)c2)ccc1N=Nc1ccc2c(SOO[O-])cc(SOO[O-])c(N)c2c1O. The van der Waals surface area contributed by atoms with Crippen molar-refractivity contribution in [3.63, 3.8) is 0 Å². The molecule has 47 heteroatoms. The van der Waals surface area contributed by atoms with E-state index in [9.17, 15) is 93.3 Å². The number of benzene rings is 12. The molecule has 0 aliphatic heterocycles. The molecule has 116 heavy (non-hydrogen) atoms. The molecule has 0 unspecified atom stereocenters. The van der Waals surface area contributed by atoms with Crippen LogP contribution in [0.5, 0.6) is 23.0 Å². The summed E-state index contributed by atoms with van der Waals surface area (Å²) in [5, 5.41) is 133. The molecule has 0 bridgehead atoms. The minimum atomic E-state index is -5.36. The lowest BCUT2D eigenvalue weighted by molar-refractivity contribution is -0.777. The lowest BCUT2D eigenvalue weighted by atomic mass is 10.0. The summed E-state index contributed by atoms with van der Waals surface area (Å²) in [6, 6.07) is 34.9. The molecule has 0 heterocycles. The average molecular weight is 1740 g/mol. The Bertz CT molecular complexity index is 6610. The molecule has 12 aromatic carbocycles. The molecule has 0 radical (unpaired) electrons. The minimum absolute atomic E-state index is 0.00368. The minimum Gasteiger partial charge on any atom is -0.744 e. The number of phenolic OH excluding ortho intramolecular Hbond substituents is 4. The number of rotatable bonds is 26. The zero-order valence-electron chi connectivity index (χ0n) is 59.0. The molecule has 12 aromatic rings. The van der Waals surface area contributed by atoms with Crippen molar-refractivity contribution in [3.05, 3.63) is 173 Å². The standard InChI is InChI=1S/C35H29N5O14S4.C34H28N6O14S4/c1-16-8-19(4-6-26(16)37-39-32-28(56-54-52-44)13-22-12-24(57(45,46)47)10-18(3)30(22)34(32)41)20-5-7-27(17(2)9-20)38-40-33-29(58(48,49)50)14-21-11-23(55-53-51-43)15-25(36)31(21)35(33)42;1-15-11-17(3-7-21(15)37-39-23-9-5-19-25(55-53-51-43)13-26(56-54-52-44)31(35)29(19)33(23)41)18-4-8-22(16(2)12-18)38-40-24-10-6-20-27(57(45,46)47)14-28(58(48,49)50)32(36)30(20)34(24)42/h4-15,41-44H,36H2,1-3H3,(H,45,46,47)(H,48,49,50);3-14,41-44H,35-36H2,1-2H3,(H,45,46,47)(H,48,49,50)/p-8. The molecule has 0 aromatic heterocycles. The summed E-state index contributed by atoms with van der Waals surface area (Å²) in [6.07, 6.45) is 0. The van der Waals surface area contributed by atoms with Gasteiger partial charge in [-0.15, -0.1) is 20.5 Å². The summed E-state index contributed by atoms with van der Waals surface area (Å²) >= 11 is 1.83. The third kappa shape index (κ3) is 18.9. The van der Waals surface area contributed by atoms with Gasteiger partial charge in [-0.25, -0.2) is 33.7 Å². The Labute approximate surface area is 671 Å². The Balaban J connectivity index is 0.000000228. The first-order valence-corrected chi connectivity index (χ1v) is 40.5. The number of nitrogen functional groups attached to an aromatic ring is 3. The predicted octanol–water partition coefficient (Wildman–Crippen LogP) is 12.6. The predicted molar refractivity (Wildman–Crippen MR) is 404 cm³/mol. The van der Waals surface area contributed by atoms with Gasteiger partial charge in [0.15, 0.2) is 23.0 Å². The molecule has 0 spiro atoms. The van der Waals surface area contributed by atoms with Crippen LogP contribution in [-0.4, -0.2) is 72.3 Å². The van der Waals surface area contributed by atoms with Gasteiger partial charge in [0.05, 0.1) is 122 Å². The van der Waals surface area contributed by atoms with E-state index in [2.05, 4.69) is 78.4 Å². The summed E-state index contributed by atoms with van der Waals surface area (Å²) < 4.78 is 160. The number of hydrogen-bond acceptors (Lipinski definition) is 43. The van der Waals surface area contributed by atoms with Gasteiger partial charge in [-0.1, -0.05) is 36.4 Å². The van der Waals surface area contributed by atoms with Gasteiger partial charge in [0.25, 0.3) is 0 Å². The van der Waals surface area contributed by atoms with E-state index in [1.165, 1.54) is 37.3 Å². The summed E-state index contributed by atoms with van der Waals surface area (Å²) in [5.41, 5.74) is 23.6. The highest BCUT2D eigenvalue weighted by Crippen LogP contribution is 2.51. The quantitative estimate of drug-likeness (QED) is 0.00661. The van der Waals surface area contributed by atoms with E-state index in [0.717, 1.165) is 52.6 Å². The molecule has 0 amide bonds. The van der Waals surface area contributed by atoms with E-state index in [-0.39, 0.29) is 92.0 Å². The fraction of sp³-hybridized carbons (Fsp3) is 0.0725. The summed E-state index contributed by atoms with van der Waals surface area (Å²) in [4.78, 5) is -3.01. The maximum Gasteiger partial charge on any atom is 0.154 e. The van der Waals surface area contributed by atoms with Gasteiger partial charge in [0, 0.05) is 37.0 Å². The summed E-state index contributed by atoms with van der Waals surface area (Å²) in [6.45, 7) is 8.49. The second-order valence-electron chi connectivity index (χ2n) is 24.4. The van der Waals surface area contributed by atoms with Gasteiger partial charge in [0.2, 0.25) is 0 Å². The second-order valence-corrected chi connectivity index (χ2v) is 32.8. The number of phenols is 4. The lowest BCUT2D eigenvalue weighted by Crippen LogP contribution is -2.08. The van der Waals surface area contributed by atoms with Crippen LogP contribution >= 0.6 is 48.2 Å². The van der Waals surface area contributed by atoms with Gasteiger partial charge in [-0.3, -0.25) is 20.2 Å². The van der Waals surface area contributed by atoms with Crippen LogP contribution < -0.4 is 38.2 Å². The molecular weight excluding hydrogens is 1690 g/mol. The third-order valence-electron chi connectivity index (χ3n) is 17.1. The van der Waals surface area contributed by atoms with Crippen LogP contribution in [0.1, 0.15) is 27.8 Å². The monoisotopic (exact) mass is 1740 g/mol. The first kappa shape index (κ1) is 86.1. The fourth-order valence-corrected chi connectivity index (χ4v) is 16.5. The molecule has 10 N–H and O–H groups in total. The van der Waals surface area contributed by atoms with Crippen LogP contribution in [0, 0.1) is 34.6 Å². The summed E-state index contributed by atoms with van der Waals surface area (Å²) in [5.74, 6) is -2.33. The first-order chi connectivity index (χ1) is 54.8. The Kier molecular flexibility index (Phi) is 26.3. The van der Waals surface area contributed by atoms with Gasteiger partial charge in [0.1, 0.15) is 63.2 Å². The molecule has 604 valence electrons. The maximum absolute atomic E-state index is 12.2. The van der Waals surface area contributed by atoms with Crippen molar-refractivity contribution in [1.29, 1.82) is 0 Å². The highest BCUT2D eigenvalue weighted by Gasteiger charge is 2.26. The highest BCUT2D eigenvalue weighted by atomic mass is 32.2. The molecular formula is C69H49N11O28S8-8. The van der Waals surface area contributed by atoms with E-state index in [1.807, 2.05) is 6.07 Å². The van der Waals surface area contributed by atoms with Crippen LogP contribution in [0.4, 0.5) is 62.6 Å². The van der Waals surface area contributed by atoms with Gasteiger partial charge >= 0.3 is 0 Å². The van der Waals surface area contributed by atoms with Gasteiger partial charge in [-0.05, 0) is 205 Å². The Morgan fingerprint density at radius 1 is 0.328 bits per heavy atom. The number of aryl methyl sites for hydroxylation is 5. The van der Waals surface area contributed by atoms with Gasteiger partial charge < -0.3 is 76.9 Å². The topological polar surface area (TPSA) is 653 Å². The van der Waals surface area contributed by atoms with E-state index < -0.39 is 99.5 Å². The Morgan fingerprint density at radius 2 is 0.724 bits per heavy atom. The van der Waals surface area contributed by atoms with E-state index >= 15 is 0 Å². The Hall–Kier alpha value is -10.8. The van der Waals surface area contributed by atoms with Crippen molar-refractivity contribution < 1.29 is 131 Å². The number of anilines is 3.